The van der Waals surface area contributed by atoms with Crippen LogP contribution in [0.2, 0.25) is 0 Å². The summed E-state index contributed by atoms with van der Waals surface area (Å²) < 4.78 is 21.1. The largest absolute Gasteiger partial charge is 0.495 e. The van der Waals surface area contributed by atoms with E-state index in [9.17, 15) is 5.26 Å². The first-order valence-corrected chi connectivity index (χ1v) is 7.43. The molecule has 7 heteroatoms. The van der Waals surface area contributed by atoms with E-state index in [0.29, 0.717) is 39.8 Å². The summed E-state index contributed by atoms with van der Waals surface area (Å²) in [5.41, 5.74) is 8.28. The minimum absolute atomic E-state index is 0. The van der Waals surface area contributed by atoms with Crippen molar-refractivity contribution in [2.75, 3.05) is 34.2 Å². The molecule has 0 radical (unpaired) electrons. The molecule has 0 spiro atoms. The van der Waals surface area contributed by atoms with Crippen LogP contribution in [-0.4, -0.2) is 28.4 Å². The van der Waals surface area contributed by atoms with Crippen LogP contribution >= 0.6 is 12.4 Å². The first-order valence-electron chi connectivity index (χ1n) is 7.43. The minimum Gasteiger partial charge on any atom is -0.495 e. The van der Waals surface area contributed by atoms with E-state index < -0.39 is 0 Å². The molecule has 0 aromatic heterocycles. The van der Waals surface area contributed by atoms with Gasteiger partial charge in [-0.2, -0.15) is 5.26 Å². The molecule has 0 saturated carbocycles. The van der Waals surface area contributed by atoms with E-state index >= 15 is 0 Å². The Bertz CT molecular complexity index is 819. The fourth-order valence-electron chi connectivity index (χ4n) is 2.43. The summed E-state index contributed by atoms with van der Waals surface area (Å²) in [5.74, 6) is 2.02. The van der Waals surface area contributed by atoms with Gasteiger partial charge in [-0.15, -0.1) is 12.4 Å². The first kappa shape index (κ1) is 21.0. The Balaban J connectivity index is 0.00000338. The number of hydrogen-bond acceptors (Lipinski definition) is 6. The van der Waals surface area contributed by atoms with Crippen molar-refractivity contribution in [3.8, 4) is 29.1 Å². The fourth-order valence-corrected chi connectivity index (χ4v) is 2.43. The standard InChI is InChI=1S/C19H20N2O4.ClH/c1-22-16-6-5-12(8-15(16)21)7-14(11-20)13-9-17(23-2)19(25-4)18(10-13)24-3;/h5-10H,21H2,1-4H3;1H. The monoisotopic (exact) mass is 376 g/mol. The zero-order valence-electron chi connectivity index (χ0n) is 15.0. The molecule has 0 amide bonds. The Labute approximate surface area is 159 Å². The molecular formula is C19H21ClN2O4. The van der Waals surface area contributed by atoms with Gasteiger partial charge in [0.25, 0.3) is 0 Å². The van der Waals surface area contributed by atoms with Gasteiger partial charge in [-0.25, -0.2) is 0 Å². The molecule has 2 aromatic rings. The molecule has 0 heterocycles. The molecule has 0 aliphatic carbocycles. The number of rotatable bonds is 6. The predicted molar refractivity (Wildman–Crippen MR) is 104 cm³/mol. The van der Waals surface area contributed by atoms with E-state index in [0.717, 1.165) is 5.56 Å². The van der Waals surface area contributed by atoms with Crippen LogP contribution in [0, 0.1) is 11.3 Å². The number of nitrogens with zero attached hydrogens (tertiary/aromatic N) is 1. The summed E-state index contributed by atoms with van der Waals surface area (Å²) in [5, 5.41) is 9.58. The maximum Gasteiger partial charge on any atom is 0.203 e. The molecule has 26 heavy (non-hydrogen) atoms. The quantitative estimate of drug-likeness (QED) is 0.469. The van der Waals surface area contributed by atoms with Crippen LogP contribution in [0.15, 0.2) is 30.3 Å². The van der Waals surface area contributed by atoms with Crippen molar-refractivity contribution < 1.29 is 18.9 Å². The third-order valence-corrected chi connectivity index (χ3v) is 3.66. The van der Waals surface area contributed by atoms with Gasteiger partial charge in [0.2, 0.25) is 5.75 Å². The van der Waals surface area contributed by atoms with Crippen LogP contribution < -0.4 is 24.7 Å². The number of nitrogens with two attached hydrogens (primary N) is 1. The van der Waals surface area contributed by atoms with Crippen molar-refractivity contribution in [2.45, 2.75) is 0 Å². The smallest absolute Gasteiger partial charge is 0.203 e. The third-order valence-electron chi connectivity index (χ3n) is 3.66. The lowest BCUT2D eigenvalue weighted by atomic mass is 10.0. The fraction of sp³-hybridized carbons (Fsp3) is 0.211. The van der Waals surface area contributed by atoms with Crippen LogP contribution in [0.1, 0.15) is 11.1 Å². The van der Waals surface area contributed by atoms with Crippen LogP contribution in [0.25, 0.3) is 11.6 Å². The van der Waals surface area contributed by atoms with Gasteiger partial charge in [-0.1, -0.05) is 6.07 Å². The second-order valence-electron chi connectivity index (χ2n) is 5.09. The van der Waals surface area contributed by atoms with Gasteiger partial charge in [-0.05, 0) is 41.5 Å². The number of benzene rings is 2. The van der Waals surface area contributed by atoms with Gasteiger partial charge in [0.1, 0.15) is 5.75 Å². The van der Waals surface area contributed by atoms with Crippen molar-refractivity contribution in [2.24, 2.45) is 0 Å². The molecule has 6 nitrogen and oxygen atoms in total. The van der Waals surface area contributed by atoms with Crippen LogP contribution in [0.4, 0.5) is 5.69 Å². The van der Waals surface area contributed by atoms with Crippen molar-refractivity contribution in [1.29, 1.82) is 5.26 Å². The van der Waals surface area contributed by atoms with Crippen molar-refractivity contribution in [1.82, 2.24) is 0 Å². The molecule has 138 valence electrons. The van der Waals surface area contributed by atoms with Gasteiger partial charge in [-0.3, -0.25) is 0 Å². The van der Waals surface area contributed by atoms with Crippen molar-refractivity contribution in [3.05, 3.63) is 41.5 Å². The highest BCUT2D eigenvalue weighted by atomic mass is 35.5. The lowest BCUT2D eigenvalue weighted by Gasteiger charge is -2.14. The lowest BCUT2D eigenvalue weighted by molar-refractivity contribution is 0.324. The minimum atomic E-state index is 0. The molecule has 0 fully saturated rings. The highest BCUT2D eigenvalue weighted by Gasteiger charge is 2.15. The van der Waals surface area contributed by atoms with Crippen LogP contribution in [0.3, 0.4) is 0 Å². The highest BCUT2D eigenvalue weighted by molar-refractivity contribution is 5.91. The van der Waals surface area contributed by atoms with Gasteiger partial charge in [0.15, 0.2) is 11.5 Å². The van der Waals surface area contributed by atoms with E-state index in [2.05, 4.69) is 6.07 Å². The third kappa shape index (κ3) is 4.32. The average molecular weight is 377 g/mol. The van der Waals surface area contributed by atoms with Crippen LogP contribution in [0.5, 0.6) is 23.0 Å². The zero-order chi connectivity index (χ0) is 18.4. The molecular weight excluding hydrogens is 356 g/mol. The average Bonchev–Trinajstić information content (AvgIpc) is 2.64. The van der Waals surface area contributed by atoms with Gasteiger partial charge in [0, 0.05) is 0 Å². The number of hydrogen-bond donors (Lipinski definition) is 1. The Hall–Kier alpha value is -3.04. The lowest BCUT2D eigenvalue weighted by Crippen LogP contribution is -1.97. The second-order valence-corrected chi connectivity index (χ2v) is 5.09. The van der Waals surface area contributed by atoms with Gasteiger partial charge < -0.3 is 24.7 Å². The Morgan fingerprint density at radius 3 is 1.92 bits per heavy atom. The molecule has 2 N–H and O–H groups in total. The highest BCUT2D eigenvalue weighted by Crippen LogP contribution is 2.40. The number of ether oxygens (including phenoxy) is 4. The van der Waals surface area contributed by atoms with E-state index in [-0.39, 0.29) is 12.4 Å². The van der Waals surface area contributed by atoms with E-state index in [1.54, 1.807) is 37.5 Å². The molecule has 2 rings (SSSR count). The van der Waals surface area contributed by atoms with Crippen molar-refractivity contribution >= 4 is 29.7 Å². The topological polar surface area (TPSA) is 86.7 Å². The number of allylic oxidation sites excluding steroid dienone is 1. The summed E-state index contributed by atoms with van der Waals surface area (Å²) in [6.07, 6.45) is 1.73. The maximum absolute atomic E-state index is 9.58. The van der Waals surface area contributed by atoms with E-state index in [1.165, 1.54) is 21.3 Å². The molecule has 2 aromatic carbocycles. The van der Waals surface area contributed by atoms with Gasteiger partial charge in [0.05, 0.1) is 45.8 Å². The van der Waals surface area contributed by atoms with E-state index in [4.69, 9.17) is 24.7 Å². The summed E-state index contributed by atoms with van der Waals surface area (Å²) in [4.78, 5) is 0. The number of methoxy groups -OCH3 is 4. The summed E-state index contributed by atoms with van der Waals surface area (Å²) in [6.45, 7) is 0. The normalized spacial score (nSPS) is 10.3. The Kier molecular flexibility index (Phi) is 7.63. The zero-order valence-corrected chi connectivity index (χ0v) is 15.8. The van der Waals surface area contributed by atoms with Gasteiger partial charge >= 0.3 is 0 Å². The molecule has 0 atom stereocenters. The van der Waals surface area contributed by atoms with Crippen LogP contribution in [-0.2, 0) is 0 Å². The predicted octanol–water partition coefficient (Wildman–Crippen LogP) is 3.79. The molecule has 0 saturated heterocycles. The number of anilines is 1. The number of nitrogen functional groups attached to an aromatic ring is 1. The summed E-state index contributed by atoms with van der Waals surface area (Å²) in [6, 6.07) is 11.0. The molecule has 0 bridgehead atoms. The summed E-state index contributed by atoms with van der Waals surface area (Å²) >= 11 is 0. The Morgan fingerprint density at radius 1 is 0.923 bits per heavy atom. The second kappa shape index (κ2) is 9.44. The Morgan fingerprint density at radius 2 is 1.50 bits per heavy atom. The SMILES string of the molecule is COc1ccc(C=C(C#N)c2cc(OC)c(OC)c(OC)c2)cc1N.Cl. The van der Waals surface area contributed by atoms with E-state index in [1.807, 2.05) is 6.07 Å². The molecule has 0 aliphatic rings. The maximum atomic E-state index is 9.58. The number of nitriles is 1. The number of halogens is 1. The molecule has 0 unspecified atom stereocenters. The molecule has 0 aliphatic heterocycles. The summed E-state index contributed by atoms with van der Waals surface area (Å²) in [7, 11) is 6.14. The first-order chi connectivity index (χ1) is 12.1. The van der Waals surface area contributed by atoms with Crippen molar-refractivity contribution in [3.63, 3.8) is 0 Å².